The quantitative estimate of drug-likeness (QED) is 0.453. The molecule has 0 heterocycles. The van der Waals surface area contributed by atoms with Gasteiger partial charge in [-0.05, 0) is 12.8 Å². The van der Waals surface area contributed by atoms with Crippen LogP contribution in [0.1, 0.15) is 33.1 Å². The van der Waals surface area contributed by atoms with Gasteiger partial charge in [0.2, 0.25) is 0 Å². The molecule has 0 aromatic rings. The Balaban J connectivity index is 0. The third-order valence-electron chi connectivity index (χ3n) is 1.23. The molecule has 0 aliphatic carbocycles. The Labute approximate surface area is 73.5 Å². The van der Waals surface area contributed by atoms with E-state index in [4.69, 9.17) is 20.4 Å². The monoisotopic (exact) mass is 180 g/mol. The van der Waals surface area contributed by atoms with Crippen LogP contribution in [-0.4, -0.2) is 39.4 Å². The van der Waals surface area contributed by atoms with Crippen molar-refractivity contribution in [3.8, 4) is 0 Å². The summed E-state index contributed by atoms with van der Waals surface area (Å²) in [5, 5.41) is 32.7. The second-order valence-electron chi connectivity index (χ2n) is 2.51. The molecule has 0 spiro atoms. The van der Waals surface area contributed by atoms with Crippen LogP contribution in [0.25, 0.3) is 0 Å². The largest absolute Gasteiger partial charge is 0.394 e. The lowest BCUT2D eigenvalue weighted by atomic mass is 10.3. The van der Waals surface area contributed by atoms with E-state index in [-0.39, 0.29) is 6.61 Å². The van der Waals surface area contributed by atoms with Crippen molar-refractivity contribution in [2.24, 2.45) is 0 Å². The zero-order chi connectivity index (χ0) is 9.98. The van der Waals surface area contributed by atoms with E-state index in [0.29, 0.717) is 12.8 Å². The number of hydrogen-bond donors (Lipinski definition) is 4. The summed E-state index contributed by atoms with van der Waals surface area (Å²) in [5.74, 6) is 0. The van der Waals surface area contributed by atoms with Gasteiger partial charge in [-0.1, -0.05) is 20.3 Å². The first kappa shape index (κ1) is 14.4. The Morgan fingerprint density at radius 3 is 1.58 bits per heavy atom. The SMILES string of the molecule is CCC(O)CO.CCCC(O)O. The predicted octanol–water partition coefficient (Wildman–Crippen LogP) is -0.153. The second kappa shape index (κ2) is 10.8. The molecule has 0 saturated carbocycles. The molecule has 4 nitrogen and oxygen atoms in total. The lowest BCUT2D eigenvalue weighted by molar-refractivity contribution is -0.0453. The van der Waals surface area contributed by atoms with Gasteiger partial charge in [0, 0.05) is 0 Å². The van der Waals surface area contributed by atoms with E-state index in [2.05, 4.69) is 0 Å². The lowest BCUT2D eigenvalue weighted by Gasteiger charge is -1.97. The highest BCUT2D eigenvalue weighted by Gasteiger charge is 1.92. The molecule has 0 saturated heterocycles. The molecule has 12 heavy (non-hydrogen) atoms. The fourth-order valence-electron chi connectivity index (χ4n) is 0.387. The highest BCUT2D eigenvalue weighted by Crippen LogP contribution is 1.88. The van der Waals surface area contributed by atoms with E-state index in [9.17, 15) is 0 Å². The van der Waals surface area contributed by atoms with Crippen molar-refractivity contribution in [3.63, 3.8) is 0 Å². The van der Waals surface area contributed by atoms with E-state index in [1.165, 1.54) is 0 Å². The Hall–Kier alpha value is -0.160. The predicted molar refractivity (Wildman–Crippen MR) is 46.5 cm³/mol. The van der Waals surface area contributed by atoms with Crippen molar-refractivity contribution < 1.29 is 20.4 Å². The third-order valence-corrected chi connectivity index (χ3v) is 1.23. The summed E-state index contributed by atoms with van der Waals surface area (Å²) in [5.41, 5.74) is 0. The highest BCUT2D eigenvalue weighted by atomic mass is 16.5. The van der Waals surface area contributed by atoms with E-state index < -0.39 is 12.4 Å². The zero-order valence-corrected chi connectivity index (χ0v) is 7.77. The first-order valence-electron chi connectivity index (χ1n) is 4.23. The number of hydrogen-bond acceptors (Lipinski definition) is 4. The van der Waals surface area contributed by atoms with Crippen LogP contribution in [0, 0.1) is 0 Å². The summed E-state index contributed by atoms with van der Waals surface area (Å²) < 4.78 is 0. The maximum absolute atomic E-state index is 8.42. The number of rotatable bonds is 4. The molecule has 0 aromatic carbocycles. The van der Waals surface area contributed by atoms with E-state index in [1.54, 1.807) is 0 Å². The van der Waals surface area contributed by atoms with Crippen LogP contribution in [0.5, 0.6) is 0 Å². The second-order valence-corrected chi connectivity index (χ2v) is 2.51. The molecular formula is C8H20O4. The van der Waals surface area contributed by atoms with Crippen molar-refractivity contribution in [2.45, 2.75) is 45.5 Å². The first-order valence-corrected chi connectivity index (χ1v) is 4.23. The van der Waals surface area contributed by atoms with Crippen molar-refractivity contribution in [1.82, 2.24) is 0 Å². The van der Waals surface area contributed by atoms with E-state index >= 15 is 0 Å². The Morgan fingerprint density at radius 2 is 1.58 bits per heavy atom. The van der Waals surface area contributed by atoms with Crippen LogP contribution in [-0.2, 0) is 0 Å². The van der Waals surface area contributed by atoms with Crippen molar-refractivity contribution >= 4 is 0 Å². The number of aliphatic hydroxyl groups is 4. The Morgan fingerprint density at radius 1 is 1.08 bits per heavy atom. The average Bonchev–Trinajstić information content (AvgIpc) is 2.04. The van der Waals surface area contributed by atoms with Crippen LogP contribution in [0.3, 0.4) is 0 Å². The zero-order valence-electron chi connectivity index (χ0n) is 7.77. The first-order chi connectivity index (χ1) is 5.58. The maximum atomic E-state index is 8.42. The molecule has 0 fully saturated rings. The van der Waals surface area contributed by atoms with Gasteiger partial charge in [0.25, 0.3) is 0 Å². The minimum absolute atomic E-state index is 0.115. The van der Waals surface area contributed by atoms with Crippen molar-refractivity contribution in [2.75, 3.05) is 6.61 Å². The molecule has 0 amide bonds. The molecule has 1 unspecified atom stereocenters. The van der Waals surface area contributed by atoms with Gasteiger partial charge in [-0.25, -0.2) is 0 Å². The smallest absolute Gasteiger partial charge is 0.151 e. The van der Waals surface area contributed by atoms with Crippen molar-refractivity contribution in [3.05, 3.63) is 0 Å². The topological polar surface area (TPSA) is 80.9 Å². The summed E-state index contributed by atoms with van der Waals surface area (Å²) in [7, 11) is 0. The molecular weight excluding hydrogens is 160 g/mol. The molecule has 0 radical (unpaired) electrons. The average molecular weight is 180 g/mol. The minimum atomic E-state index is -1.10. The summed E-state index contributed by atoms with van der Waals surface area (Å²) >= 11 is 0. The van der Waals surface area contributed by atoms with Gasteiger partial charge >= 0.3 is 0 Å². The van der Waals surface area contributed by atoms with Gasteiger partial charge in [0.15, 0.2) is 6.29 Å². The summed E-state index contributed by atoms with van der Waals surface area (Å²) in [4.78, 5) is 0. The third kappa shape index (κ3) is 16.4. The summed E-state index contributed by atoms with van der Waals surface area (Å²) in [6.45, 7) is 3.61. The normalized spacial score (nSPS) is 12.2. The molecule has 0 aliphatic rings. The summed E-state index contributed by atoms with van der Waals surface area (Å²) in [6.07, 6.45) is 0.341. The molecule has 0 rings (SSSR count). The Kier molecular flexibility index (Phi) is 13.0. The standard InChI is InChI=1S/2C4H10O2/c1-2-4(6)3-5;1-2-3-4(5)6/h2*4-6H,2-3H2,1H3. The molecule has 0 bridgehead atoms. The number of aliphatic hydroxyl groups excluding tert-OH is 3. The Bertz CT molecular complexity index is 71.5. The van der Waals surface area contributed by atoms with Gasteiger partial charge < -0.3 is 20.4 Å². The fraction of sp³-hybridized carbons (Fsp3) is 1.00. The van der Waals surface area contributed by atoms with E-state index in [0.717, 1.165) is 6.42 Å². The van der Waals surface area contributed by atoms with Crippen LogP contribution in [0.15, 0.2) is 0 Å². The van der Waals surface area contributed by atoms with Crippen LogP contribution >= 0.6 is 0 Å². The van der Waals surface area contributed by atoms with Gasteiger partial charge in [0.1, 0.15) is 0 Å². The maximum Gasteiger partial charge on any atom is 0.151 e. The van der Waals surface area contributed by atoms with Gasteiger partial charge in [-0.3, -0.25) is 0 Å². The minimum Gasteiger partial charge on any atom is -0.394 e. The summed E-state index contributed by atoms with van der Waals surface area (Å²) in [6, 6.07) is 0. The fourth-order valence-corrected chi connectivity index (χ4v) is 0.387. The molecule has 4 N–H and O–H groups in total. The molecule has 76 valence electrons. The van der Waals surface area contributed by atoms with Gasteiger partial charge in [-0.15, -0.1) is 0 Å². The van der Waals surface area contributed by atoms with Crippen molar-refractivity contribution in [1.29, 1.82) is 0 Å². The van der Waals surface area contributed by atoms with Gasteiger partial charge in [-0.2, -0.15) is 0 Å². The lowest BCUT2D eigenvalue weighted by Crippen LogP contribution is -2.08. The van der Waals surface area contributed by atoms with Crippen LogP contribution in [0.4, 0.5) is 0 Å². The molecule has 4 heteroatoms. The van der Waals surface area contributed by atoms with E-state index in [1.807, 2.05) is 13.8 Å². The van der Waals surface area contributed by atoms with Gasteiger partial charge in [0.05, 0.1) is 12.7 Å². The molecule has 0 aliphatic heterocycles. The van der Waals surface area contributed by atoms with Crippen LogP contribution in [0.2, 0.25) is 0 Å². The molecule has 1 atom stereocenters. The highest BCUT2D eigenvalue weighted by molar-refractivity contribution is 4.43. The molecule has 0 aromatic heterocycles. The van der Waals surface area contributed by atoms with Crippen LogP contribution < -0.4 is 0 Å².